The average molecular weight is 300 g/mol. The molecule has 0 bridgehead atoms. The Bertz CT molecular complexity index is 597. The zero-order valence-corrected chi connectivity index (χ0v) is 12.5. The zero-order valence-electron chi connectivity index (χ0n) is 12.5. The molecule has 0 spiro atoms. The highest BCUT2D eigenvalue weighted by Gasteiger charge is 2.41. The van der Waals surface area contributed by atoms with Crippen LogP contribution in [0.4, 0.5) is 0 Å². The Hall–Kier alpha value is -2.17. The lowest BCUT2D eigenvalue weighted by atomic mass is 9.83. The van der Waals surface area contributed by atoms with E-state index in [-0.39, 0.29) is 6.61 Å². The van der Waals surface area contributed by atoms with Gasteiger partial charge < -0.3 is 14.9 Å². The van der Waals surface area contributed by atoms with Crippen molar-refractivity contribution in [1.29, 1.82) is 0 Å². The normalized spacial score (nSPS) is 15.0. The van der Waals surface area contributed by atoms with Gasteiger partial charge in [-0.2, -0.15) is 0 Å². The summed E-state index contributed by atoms with van der Waals surface area (Å²) in [6.07, 6.45) is 0. The Labute approximate surface area is 130 Å². The van der Waals surface area contributed by atoms with Crippen LogP contribution >= 0.6 is 0 Å². The van der Waals surface area contributed by atoms with E-state index in [9.17, 15) is 15.0 Å². The van der Waals surface area contributed by atoms with E-state index < -0.39 is 24.1 Å². The number of rotatable bonds is 7. The van der Waals surface area contributed by atoms with E-state index in [0.717, 1.165) is 11.1 Å². The third-order valence-corrected chi connectivity index (χ3v) is 3.87. The van der Waals surface area contributed by atoms with E-state index in [1.165, 1.54) is 0 Å². The Morgan fingerprint density at radius 1 is 1.09 bits per heavy atom. The number of benzene rings is 2. The van der Waals surface area contributed by atoms with E-state index in [1.807, 2.05) is 60.7 Å². The minimum Gasteiger partial charge on any atom is -0.481 e. The summed E-state index contributed by atoms with van der Waals surface area (Å²) in [6.45, 7) is 1.49. The molecule has 4 heteroatoms. The monoisotopic (exact) mass is 300 g/mol. The lowest BCUT2D eigenvalue weighted by molar-refractivity contribution is -0.163. The lowest BCUT2D eigenvalue weighted by Crippen LogP contribution is -2.42. The average Bonchev–Trinajstić information content (AvgIpc) is 2.55. The summed E-state index contributed by atoms with van der Waals surface area (Å²) in [5, 5.41) is 19.0. The van der Waals surface area contributed by atoms with Crippen molar-refractivity contribution in [3.05, 3.63) is 71.8 Å². The van der Waals surface area contributed by atoms with Crippen molar-refractivity contribution in [3.8, 4) is 0 Å². The molecular weight excluding hydrogens is 280 g/mol. The number of carbonyl (C=O) groups is 1. The van der Waals surface area contributed by atoms with E-state index in [0.29, 0.717) is 0 Å². The molecule has 0 heterocycles. The molecule has 0 aliphatic carbocycles. The summed E-state index contributed by atoms with van der Waals surface area (Å²) in [4.78, 5) is 11.5. The van der Waals surface area contributed by atoms with Gasteiger partial charge in [0.25, 0.3) is 0 Å². The van der Waals surface area contributed by atoms with Crippen LogP contribution < -0.4 is 0 Å². The second kappa shape index (κ2) is 7.20. The summed E-state index contributed by atoms with van der Waals surface area (Å²) in [6, 6.07) is 18.7. The molecule has 0 saturated heterocycles. The predicted molar refractivity (Wildman–Crippen MR) is 83.2 cm³/mol. The Balaban J connectivity index is 2.31. The summed E-state index contributed by atoms with van der Waals surface area (Å²) in [5.74, 6) is -2.12. The quantitative estimate of drug-likeness (QED) is 0.825. The highest BCUT2D eigenvalue weighted by atomic mass is 16.5. The van der Waals surface area contributed by atoms with Gasteiger partial charge in [-0.1, -0.05) is 60.7 Å². The highest BCUT2D eigenvalue weighted by molar-refractivity contribution is 5.72. The third kappa shape index (κ3) is 3.53. The fourth-order valence-electron chi connectivity index (χ4n) is 2.45. The number of aliphatic carboxylic acids is 1. The fourth-order valence-corrected chi connectivity index (χ4v) is 2.45. The van der Waals surface area contributed by atoms with Crippen LogP contribution in [-0.4, -0.2) is 22.8 Å². The number of aliphatic hydroxyl groups excluding tert-OH is 1. The second-order valence-electron chi connectivity index (χ2n) is 5.32. The Kier molecular flexibility index (Phi) is 5.31. The molecule has 0 radical (unpaired) electrons. The number of aliphatic hydroxyl groups is 1. The maximum Gasteiger partial charge on any atom is 0.312 e. The molecule has 0 saturated carbocycles. The lowest BCUT2D eigenvalue weighted by Gasteiger charge is -2.35. The van der Waals surface area contributed by atoms with Crippen LogP contribution in [0.25, 0.3) is 0 Å². The molecule has 2 N–H and O–H groups in total. The number of carboxylic acids is 1. The van der Waals surface area contributed by atoms with E-state index in [2.05, 4.69) is 0 Å². The molecule has 116 valence electrons. The van der Waals surface area contributed by atoms with Gasteiger partial charge >= 0.3 is 5.97 Å². The van der Waals surface area contributed by atoms with E-state index in [1.54, 1.807) is 6.92 Å². The maximum atomic E-state index is 11.5. The van der Waals surface area contributed by atoms with Crippen molar-refractivity contribution in [1.82, 2.24) is 0 Å². The Morgan fingerprint density at radius 2 is 1.64 bits per heavy atom. The van der Waals surface area contributed by atoms with Gasteiger partial charge in [0.2, 0.25) is 0 Å². The van der Waals surface area contributed by atoms with Gasteiger partial charge in [0.05, 0.1) is 13.2 Å². The van der Waals surface area contributed by atoms with Gasteiger partial charge in [0.15, 0.2) is 0 Å². The van der Waals surface area contributed by atoms with Gasteiger partial charge in [0.1, 0.15) is 11.5 Å². The summed E-state index contributed by atoms with van der Waals surface area (Å²) in [7, 11) is 0. The number of ether oxygens (including phenoxy) is 1. The van der Waals surface area contributed by atoms with Crippen LogP contribution in [-0.2, 0) is 21.7 Å². The maximum absolute atomic E-state index is 11.5. The topological polar surface area (TPSA) is 66.8 Å². The van der Waals surface area contributed by atoms with Crippen molar-refractivity contribution in [2.75, 3.05) is 6.61 Å². The molecule has 2 aromatic carbocycles. The van der Waals surface area contributed by atoms with Crippen LogP contribution in [0.3, 0.4) is 0 Å². The summed E-state index contributed by atoms with van der Waals surface area (Å²) in [5.41, 5.74) is 0.566. The van der Waals surface area contributed by atoms with Crippen molar-refractivity contribution in [2.24, 2.45) is 5.92 Å². The molecule has 22 heavy (non-hydrogen) atoms. The number of hydrogen-bond donors (Lipinski definition) is 2. The molecule has 0 amide bonds. The fraction of sp³-hybridized carbons (Fsp3) is 0.278. The molecule has 2 unspecified atom stereocenters. The SMILES string of the molecule is CC(OCc1ccccc1)(c1ccccc1)C(CO)C(=O)O. The molecule has 4 nitrogen and oxygen atoms in total. The molecule has 2 rings (SSSR count). The van der Waals surface area contributed by atoms with Gasteiger partial charge in [0, 0.05) is 0 Å². The van der Waals surface area contributed by atoms with Crippen molar-refractivity contribution >= 4 is 5.97 Å². The van der Waals surface area contributed by atoms with Gasteiger partial charge in [-0.25, -0.2) is 0 Å². The standard InChI is InChI=1S/C18H20O4/c1-18(16(12-19)17(20)21,15-10-6-3-7-11-15)22-13-14-8-4-2-5-9-14/h2-11,16,19H,12-13H2,1H3,(H,20,21). The van der Waals surface area contributed by atoms with Crippen LogP contribution in [0.2, 0.25) is 0 Å². The summed E-state index contributed by atoms with van der Waals surface area (Å²) < 4.78 is 5.98. The first-order valence-corrected chi connectivity index (χ1v) is 7.15. The first-order valence-electron chi connectivity index (χ1n) is 7.15. The molecule has 0 aliphatic rings. The number of carboxylic acid groups (broad SMARTS) is 1. The smallest absolute Gasteiger partial charge is 0.312 e. The first kappa shape index (κ1) is 16.2. The van der Waals surface area contributed by atoms with Crippen LogP contribution in [0.1, 0.15) is 18.1 Å². The Morgan fingerprint density at radius 3 is 2.14 bits per heavy atom. The second-order valence-corrected chi connectivity index (χ2v) is 5.32. The molecule has 2 aromatic rings. The third-order valence-electron chi connectivity index (χ3n) is 3.87. The largest absolute Gasteiger partial charge is 0.481 e. The van der Waals surface area contributed by atoms with E-state index in [4.69, 9.17) is 4.74 Å². The van der Waals surface area contributed by atoms with E-state index >= 15 is 0 Å². The highest BCUT2D eigenvalue weighted by Crippen LogP contribution is 2.34. The van der Waals surface area contributed by atoms with Crippen LogP contribution in [0, 0.1) is 5.92 Å². The minimum atomic E-state index is -1.11. The van der Waals surface area contributed by atoms with Crippen LogP contribution in [0.15, 0.2) is 60.7 Å². The zero-order chi connectivity index (χ0) is 16.0. The first-order chi connectivity index (χ1) is 10.6. The van der Waals surface area contributed by atoms with Gasteiger partial charge in [-0.3, -0.25) is 4.79 Å². The molecule has 0 aliphatic heterocycles. The summed E-state index contributed by atoms with van der Waals surface area (Å²) >= 11 is 0. The number of hydrogen-bond acceptors (Lipinski definition) is 3. The minimum absolute atomic E-state index is 0.274. The molecule has 2 atom stereocenters. The van der Waals surface area contributed by atoms with Gasteiger partial charge in [-0.15, -0.1) is 0 Å². The molecule has 0 aromatic heterocycles. The van der Waals surface area contributed by atoms with Crippen molar-refractivity contribution in [2.45, 2.75) is 19.1 Å². The van der Waals surface area contributed by atoms with Crippen molar-refractivity contribution < 1.29 is 19.7 Å². The van der Waals surface area contributed by atoms with Crippen molar-refractivity contribution in [3.63, 3.8) is 0 Å². The van der Waals surface area contributed by atoms with Crippen LogP contribution in [0.5, 0.6) is 0 Å². The van der Waals surface area contributed by atoms with Gasteiger partial charge in [-0.05, 0) is 18.1 Å². The molecular formula is C18H20O4. The molecule has 0 fully saturated rings. The predicted octanol–water partition coefficient (Wildman–Crippen LogP) is 2.81.